The summed E-state index contributed by atoms with van der Waals surface area (Å²) >= 11 is 1.50. The molecule has 7 heteroatoms. The van der Waals surface area contributed by atoms with Gasteiger partial charge >= 0.3 is 0 Å². The van der Waals surface area contributed by atoms with Gasteiger partial charge in [-0.05, 0) is 24.4 Å². The van der Waals surface area contributed by atoms with Crippen LogP contribution in [0.25, 0.3) is 10.1 Å². The molecule has 1 aliphatic heterocycles. The second-order valence-electron chi connectivity index (χ2n) is 6.03. The van der Waals surface area contributed by atoms with Crippen LogP contribution >= 0.6 is 11.3 Å². The molecular weight excluding hydrogens is 338 g/mol. The molecule has 3 aromatic rings. The molecule has 1 saturated heterocycles. The van der Waals surface area contributed by atoms with Crippen LogP contribution in [-0.2, 0) is 4.74 Å². The summed E-state index contributed by atoms with van der Waals surface area (Å²) in [6, 6.07) is 11.3. The van der Waals surface area contributed by atoms with Gasteiger partial charge in [-0.3, -0.25) is 9.59 Å². The normalized spacial score (nSPS) is 17.8. The minimum absolute atomic E-state index is 0.00972. The number of fused-ring (bicyclic) bond motifs is 1. The number of rotatable bonds is 2. The zero-order chi connectivity index (χ0) is 17.4. The van der Waals surface area contributed by atoms with Gasteiger partial charge in [-0.25, -0.2) is 4.98 Å². The van der Waals surface area contributed by atoms with E-state index in [1.807, 2.05) is 30.3 Å². The van der Waals surface area contributed by atoms with E-state index in [4.69, 9.17) is 4.74 Å². The number of H-pyrrole nitrogens is 1. The van der Waals surface area contributed by atoms with Gasteiger partial charge in [0.15, 0.2) is 0 Å². The summed E-state index contributed by atoms with van der Waals surface area (Å²) < 4.78 is 6.82. The number of nitrogens with zero attached hydrogens (tertiary/aromatic N) is 2. The fourth-order valence-corrected chi connectivity index (χ4v) is 4.03. The van der Waals surface area contributed by atoms with E-state index >= 15 is 0 Å². The highest BCUT2D eigenvalue weighted by Gasteiger charge is 2.28. The van der Waals surface area contributed by atoms with E-state index in [0.717, 1.165) is 10.1 Å². The van der Waals surface area contributed by atoms with Gasteiger partial charge in [-0.1, -0.05) is 18.2 Å². The molecule has 1 fully saturated rings. The lowest BCUT2D eigenvalue weighted by Gasteiger charge is -2.32. The van der Waals surface area contributed by atoms with Crippen LogP contribution < -0.4 is 5.56 Å². The highest BCUT2D eigenvalue weighted by atomic mass is 32.1. The number of amides is 1. The summed E-state index contributed by atoms with van der Waals surface area (Å²) in [6.07, 6.45) is -0.417. The van der Waals surface area contributed by atoms with Crippen molar-refractivity contribution in [2.24, 2.45) is 0 Å². The molecule has 1 atom stereocenters. The van der Waals surface area contributed by atoms with Crippen molar-refractivity contribution in [1.29, 1.82) is 0 Å². The van der Waals surface area contributed by atoms with Gasteiger partial charge in [0.05, 0.1) is 18.0 Å². The molecule has 0 spiro atoms. The molecule has 3 heterocycles. The van der Waals surface area contributed by atoms with Gasteiger partial charge in [-0.2, -0.15) is 0 Å². The van der Waals surface area contributed by atoms with Gasteiger partial charge in [-0.15, -0.1) is 11.3 Å². The number of hydrogen-bond acceptors (Lipinski definition) is 5. The third-order valence-electron chi connectivity index (χ3n) is 4.18. The number of benzene rings is 1. The molecule has 2 aromatic heterocycles. The second kappa shape index (κ2) is 6.42. The summed E-state index contributed by atoms with van der Waals surface area (Å²) in [6.45, 7) is 3.08. The van der Waals surface area contributed by atoms with Crippen LogP contribution in [0.3, 0.4) is 0 Å². The number of ether oxygens (including phenoxy) is 1. The van der Waals surface area contributed by atoms with Crippen molar-refractivity contribution in [3.63, 3.8) is 0 Å². The molecule has 4 rings (SSSR count). The zero-order valence-corrected chi connectivity index (χ0v) is 14.5. The maximum atomic E-state index is 12.9. The van der Waals surface area contributed by atoms with E-state index < -0.39 is 6.10 Å². The van der Waals surface area contributed by atoms with Crippen molar-refractivity contribution >= 4 is 27.3 Å². The Labute approximate surface area is 148 Å². The number of morpholine rings is 1. The van der Waals surface area contributed by atoms with Crippen molar-refractivity contribution in [1.82, 2.24) is 14.9 Å². The lowest BCUT2D eigenvalue weighted by molar-refractivity contribution is -0.0268. The van der Waals surface area contributed by atoms with Gasteiger partial charge in [0.1, 0.15) is 11.9 Å². The Morgan fingerprint density at radius 1 is 1.36 bits per heavy atom. The minimum atomic E-state index is -0.417. The molecule has 128 valence electrons. The van der Waals surface area contributed by atoms with Gasteiger partial charge < -0.3 is 14.6 Å². The zero-order valence-electron chi connectivity index (χ0n) is 13.7. The summed E-state index contributed by atoms with van der Waals surface area (Å²) in [4.78, 5) is 34.1. The topological polar surface area (TPSA) is 75.3 Å². The molecule has 0 unspecified atom stereocenters. The van der Waals surface area contributed by atoms with Crippen LogP contribution in [0, 0.1) is 6.92 Å². The Hall–Kier alpha value is -2.51. The smallest absolute Gasteiger partial charge is 0.264 e. The van der Waals surface area contributed by atoms with Gasteiger partial charge in [0.25, 0.3) is 11.5 Å². The van der Waals surface area contributed by atoms with Crippen LogP contribution in [0.4, 0.5) is 0 Å². The molecule has 0 bridgehead atoms. The van der Waals surface area contributed by atoms with Crippen LogP contribution in [0.2, 0.25) is 0 Å². The maximum absolute atomic E-state index is 12.9. The largest absolute Gasteiger partial charge is 0.367 e. The molecule has 1 aromatic carbocycles. The number of hydrogen-bond donors (Lipinski definition) is 1. The Kier molecular flexibility index (Phi) is 4.10. The average molecular weight is 355 g/mol. The molecule has 1 aliphatic rings. The number of nitrogens with one attached hydrogen (secondary N) is 1. The molecular formula is C18H17N3O3S. The van der Waals surface area contributed by atoms with Crippen molar-refractivity contribution < 1.29 is 9.53 Å². The first-order valence-electron chi connectivity index (χ1n) is 8.07. The number of aromatic nitrogens is 2. The highest BCUT2D eigenvalue weighted by Crippen LogP contribution is 2.28. The maximum Gasteiger partial charge on any atom is 0.264 e. The first-order chi connectivity index (χ1) is 12.1. The summed E-state index contributed by atoms with van der Waals surface area (Å²) in [5.41, 5.74) is 0.425. The molecule has 0 radical (unpaired) electrons. The fourth-order valence-electron chi connectivity index (χ4n) is 3.00. The quantitative estimate of drug-likeness (QED) is 0.766. The Bertz CT molecular complexity index is 961. The Morgan fingerprint density at radius 3 is 3.00 bits per heavy atom. The second-order valence-corrected chi connectivity index (χ2v) is 7.11. The number of aryl methyl sites for hydroxylation is 1. The first-order valence-corrected chi connectivity index (χ1v) is 8.89. The Balaban J connectivity index is 1.58. The minimum Gasteiger partial charge on any atom is -0.367 e. The number of thiophene rings is 1. The number of carbonyl (C=O) groups excluding carboxylic acids is 1. The SMILES string of the molecule is Cc1cc(=O)[nH]c([C@H]2CN(C(=O)c3cc4ccccc4s3)CCO2)n1. The van der Waals surface area contributed by atoms with E-state index in [0.29, 0.717) is 36.1 Å². The monoisotopic (exact) mass is 355 g/mol. The molecule has 0 aliphatic carbocycles. The lowest BCUT2D eigenvalue weighted by Crippen LogP contribution is -2.42. The highest BCUT2D eigenvalue weighted by molar-refractivity contribution is 7.20. The third-order valence-corrected chi connectivity index (χ3v) is 5.29. The van der Waals surface area contributed by atoms with Crippen LogP contribution in [0.1, 0.15) is 27.3 Å². The van der Waals surface area contributed by atoms with Crippen LogP contribution in [0.15, 0.2) is 41.2 Å². The van der Waals surface area contributed by atoms with Crippen LogP contribution in [0.5, 0.6) is 0 Å². The predicted molar refractivity (Wildman–Crippen MR) is 96.0 cm³/mol. The Morgan fingerprint density at radius 2 is 2.20 bits per heavy atom. The standard InChI is InChI=1S/C18H17N3O3S/c1-11-8-16(22)20-17(19-11)13-10-21(6-7-24-13)18(23)15-9-12-4-2-3-5-14(12)25-15/h2-5,8-9,13H,6-7,10H2,1H3,(H,19,20,22)/t13-/m1/s1. The summed E-state index contributed by atoms with van der Waals surface area (Å²) in [7, 11) is 0. The molecule has 0 saturated carbocycles. The number of carbonyl (C=O) groups is 1. The molecule has 25 heavy (non-hydrogen) atoms. The number of aromatic amines is 1. The van der Waals surface area contributed by atoms with E-state index in [9.17, 15) is 9.59 Å². The molecule has 1 N–H and O–H groups in total. The predicted octanol–water partition coefficient (Wildman–Crippen LogP) is 2.51. The molecule has 1 amide bonds. The van der Waals surface area contributed by atoms with E-state index in [1.165, 1.54) is 17.4 Å². The van der Waals surface area contributed by atoms with E-state index in [2.05, 4.69) is 9.97 Å². The average Bonchev–Trinajstić information content (AvgIpc) is 3.04. The van der Waals surface area contributed by atoms with Crippen molar-refractivity contribution in [3.8, 4) is 0 Å². The third kappa shape index (κ3) is 3.20. The van der Waals surface area contributed by atoms with E-state index in [-0.39, 0.29) is 11.5 Å². The fraction of sp³-hybridized carbons (Fsp3) is 0.278. The van der Waals surface area contributed by atoms with Crippen molar-refractivity contribution in [2.75, 3.05) is 19.7 Å². The molecule has 6 nitrogen and oxygen atoms in total. The van der Waals surface area contributed by atoms with Gasteiger partial charge in [0.2, 0.25) is 0 Å². The van der Waals surface area contributed by atoms with E-state index in [1.54, 1.807) is 11.8 Å². The van der Waals surface area contributed by atoms with Crippen LogP contribution in [-0.4, -0.2) is 40.5 Å². The van der Waals surface area contributed by atoms with Crippen molar-refractivity contribution in [2.45, 2.75) is 13.0 Å². The lowest BCUT2D eigenvalue weighted by atomic mass is 10.2. The first kappa shape index (κ1) is 16.0. The summed E-state index contributed by atoms with van der Waals surface area (Å²) in [5.74, 6) is 0.461. The van der Waals surface area contributed by atoms with Gasteiger partial charge in [0, 0.05) is 23.0 Å². The summed E-state index contributed by atoms with van der Waals surface area (Å²) in [5, 5.41) is 1.07. The van der Waals surface area contributed by atoms with Crippen molar-refractivity contribution in [3.05, 3.63) is 63.1 Å².